The lowest BCUT2D eigenvalue weighted by Crippen LogP contribution is -2.55. The fourth-order valence-corrected chi connectivity index (χ4v) is 1.85. The molecule has 1 rings (SSSR count). The molecule has 4 unspecified atom stereocenters. The maximum Gasteiger partial charge on any atom is 0.328 e. The Morgan fingerprint density at radius 3 is 2.50 bits per heavy atom. The second kappa shape index (κ2) is 6.01. The van der Waals surface area contributed by atoms with Gasteiger partial charge in [0.15, 0.2) is 6.04 Å². The number of β-amino-alcohol motifs (C(OH)–C–C–N with tert-alkyl or cyclic N) is 1. The van der Waals surface area contributed by atoms with Crippen molar-refractivity contribution in [2.75, 3.05) is 13.1 Å². The van der Waals surface area contributed by atoms with Crippen molar-refractivity contribution in [2.24, 2.45) is 5.92 Å². The monoisotopic (exact) mass is 260 g/mol. The number of carbonyl (C=O) groups excluding carboxylic acids is 1. The van der Waals surface area contributed by atoms with Crippen molar-refractivity contribution in [3.63, 3.8) is 0 Å². The van der Waals surface area contributed by atoms with E-state index in [4.69, 9.17) is 5.11 Å². The van der Waals surface area contributed by atoms with E-state index in [1.54, 1.807) is 0 Å². The second-order valence-corrected chi connectivity index (χ2v) is 4.79. The van der Waals surface area contributed by atoms with Gasteiger partial charge in [0.25, 0.3) is 0 Å². The first-order chi connectivity index (χ1) is 8.32. The number of carboxylic acids is 1. The lowest BCUT2D eigenvalue weighted by Gasteiger charge is -2.35. The fraction of sp³-hybridized carbons (Fsp3) is 0.818. The topological polar surface area (TPSA) is 110 Å². The molecular formula is C11H20N2O5. The van der Waals surface area contributed by atoms with E-state index in [1.807, 2.05) is 6.92 Å². The van der Waals surface area contributed by atoms with Gasteiger partial charge in [-0.2, -0.15) is 0 Å². The number of nitrogens with zero attached hydrogens (tertiary/aromatic N) is 1. The quantitative estimate of drug-likeness (QED) is 0.533. The number of rotatable bonds is 3. The largest absolute Gasteiger partial charge is 0.480 e. The van der Waals surface area contributed by atoms with Gasteiger partial charge in [0.1, 0.15) is 0 Å². The van der Waals surface area contributed by atoms with Gasteiger partial charge >= 0.3 is 12.0 Å². The Hall–Kier alpha value is -1.34. The van der Waals surface area contributed by atoms with Crippen LogP contribution in [0.15, 0.2) is 0 Å². The van der Waals surface area contributed by atoms with Crippen LogP contribution in [-0.2, 0) is 4.79 Å². The predicted octanol–water partition coefficient (Wildman–Crippen LogP) is -0.767. The summed E-state index contributed by atoms with van der Waals surface area (Å²) < 4.78 is 0. The third kappa shape index (κ3) is 3.58. The van der Waals surface area contributed by atoms with Crippen LogP contribution in [0.25, 0.3) is 0 Å². The Labute approximate surface area is 105 Å². The van der Waals surface area contributed by atoms with Crippen LogP contribution in [0.1, 0.15) is 20.3 Å². The number of nitrogens with one attached hydrogen (secondary N) is 1. The molecule has 0 saturated carbocycles. The Bertz CT molecular complexity index is 321. The van der Waals surface area contributed by atoms with Crippen LogP contribution in [0.2, 0.25) is 0 Å². The Morgan fingerprint density at radius 1 is 1.44 bits per heavy atom. The van der Waals surface area contributed by atoms with Gasteiger partial charge < -0.3 is 25.5 Å². The van der Waals surface area contributed by atoms with Gasteiger partial charge in [0.2, 0.25) is 0 Å². The highest BCUT2D eigenvalue weighted by Crippen LogP contribution is 2.16. The minimum Gasteiger partial charge on any atom is -0.480 e. The molecule has 1 aliphatic heterocycles. The number of urea groups is 1. The molecule has 0 aliphatic carbocycles. The smallest absolute Gasteiger partial charge is 0.328 e. The van der Waals surface area contributed by atoms with E-state index in [-0.39, 0.29) is 12.5 Å². The molecule has 104 valence electrons. The number of aliphatic carboxylic acids is 1. The zero-order valence-corrected chi connectivity index (χ0v) is 10.5. The molecule has 1 heterocycles. The van der Waals surface area contributed by atoms with Gasteiger partial charge in [-0.05, 0) is 19.3 Å². The van der Waals surface area contributed by atoms with Crippen molar-refractivity contribution in [1.82, 2.24) is 10.2 Å². The molecule has 0 aromatic rings. The summed E-state index contributed by atoms with van der Waals surface area (Å²) in [7, 11) is 0. The lowest BCUT2D eigenvalue weighted by atomic mass is 9.96. The lowest BCUT2D eigenvalue weighted by molar-refractivity contribution is -0.141. The Kier molecular flexibility index (Phi) is 4.92. The van der Waals surface area contributed by atoms with E-state index in [0.29, 0.717) is 13.0 Å². The highest BCUT2D eigenvalue weighted by atomic mass is 16.4. The summed E-state index contributed by atoms with van der Waals surface area (Å²) >= 11 is 0. The van der Waals surface area contributed by atoms with E-state index in [9.17, 15) is 19.8 Å². The molecule has 4 N–H and O–H groups in total. The number of aliphatic hydroxyl groups excluding tert-OH is 2. The van der Waals surface area contributed by atoms with Crippen LogP contribution in [-0.4, -0.2) is 63.6 Å². The van der Waals surface area contributed by atoms with Crippen molar-refractivity contribution in [2.45, 2.75) is 38.5 Å². The average Bonchev–Trinajstić information content (AvgIpc) is 2.28. The Balaban J connectivity index is 2.57. The van der Waals surface area contributed by atoms with Crippen molar-refractivity contribution in [3.05, 3.63) is 0 Å². The van der Waals surface area contributed by atoms with Gasteiger partial charge in [0, 0.05) is 13.1 Å². The maximum atomic E-state index is 11.8. The first-order valence-corrected chi connectivity index (χ1v) is 5.97. The number of aliphatic hydroxyl groups is 2. The fourth-order valence-electron chi connectivity index (χ4n) is 1.85. The van der Waals surface area contributed by atoms with Crippen LogP contribution < -0.4 is 5.32 Å². The third-order valence-corrected chi connectivity index (χ3v) is 3.23. The molecular weight excluding hydrogens is 240 g/mol. The second-order valence-electron chi connectivity index (χ2n) is 4.79. The molecule has 1 aliphatic rings. The first-order valence-electron chi connectivity index (χ1n) is 5.97. The molecule has 2 amide bonds. The van der Waals surface area contributed by atoms with Crippen LogP contribution in [0.4, 0.5) is 4.79 Å². The molecule has 0 bridgehead atoms. The molecule has 0 aromatic carbocycles. The highest BCUT2D eigenvalue weighted by Gasteiger charge is 2.31. The van der Waals surface area contributed by atoms with Gasteiger partial charge in [-0.1, -0.05) is 6.92 Å². The molecule has 0 radical (unpaired) electrons. The van der Waals surface area contributed by atoms with Gasteiger partial charge in [0.05, 0.1) is 12.2 Å². The normalized spacial score (nSPS) is 27.4. The maximum absolute atomic E-state index is 11.8. The van der Waals surface area contributed by atoms with Crippen LogP contribution in [0.5, 0.6) is 0 Å². The van der Waals surface area contributed by atoms with E-state index in [2.05, 4.69) is 5.32 Å². The number of carboxylic acid groups (broad SMARTS) is 1. The molecule has 1 saturated heterocycles. The molecule has 18 heavy (non-hydrogen) atoms. The molecule has 0 aromatic heterocycles. The van der Waals surface area contributed by atoms with Crippen molar-refractivity contribution in [1.29, 1.82) is 0 Å². The first kappa shape index (κ1) is 14.7. The summed E-state index contributed by atoms with van der Waals surface area (Å²) in [6, 6.07) is -1.91. The predicted molar refractivity (Wildman–Crippen MR) is 63.0 cm³/mol. The van der Waals surface area contributed by atoms with Crippen molar-refractivity contribution in [3.8, 4) is 0 Å². The van der Waals surface area contributed by atoms with Gasteiger partial charge in [-0.15, -0.1) is 0 Å². The number of hydrogen-bond acceptors (Lipinski definition) is 4. The number of carbonyl (C=O) groups is 2. The van der Waals surface area contributed by atoms with E-state index < -0.39 is 30.3 Å². The number of amides is 2. The third-order valence-electron chi connectivity index (χ3n) is 3.23. The summed E-state index contributed by atoms with van der Waals surface area (Å²) in [6.45, 7) is 3.84. The van der Waals surface area contributed by atoms with Crippen molar-refractivity contribution < 1.29 is 24.9 Å². The van der Waals surface area contributed by atoms with E-state index >= 15 is 0 Å². The number of piperidine rings is 1. The zero-order valence-electron chi connectivity index (χ0n) is 10.5. The molecule has 7 heteroatoms. The van der Waals surface area contributed by atoms with Crippen LogP contribution >= 0.6 is 0 Å². The molecule has 7 nitrogen and oxygen atoms in total. The highest BCUT2D eigenvalue weighted by molar-refractivity contribution is 5.83. The molecule has 0 spiro atoms. The summed E-state index contributed by atoms with van der Waals surface area (Å²) in [5, 5.41) is 30.0. The summed E-state index contributed by atoms with van der Waals surface area (Å²) in [6.07, 6.45) is -1.11. The van der Waals surface area contributed by atoms with Crippen LogP contribution in [0.3, 0.4) is 0 Å². The standard InChI is InChI=1S/C11H20N2O5/c1-6-3-4-13(5-8(6)15)11(18)12-9(7(2)14)10(16)17/h6-9,14-15H,3-5H2,1-2H3,(H,12,18)(H,16,17). The van der Waals surface area contributed by atoms with Crippen LogP contribution in [0, 0.1) is 5.92 Å². The van der Waals surface area contributed by atoms with E-state index in [1.165, 1.54) is 11.8 Å². The summed E-state index contributed by atoms with van der Waals surface area (Å²) in [5.41, 5.74) is 0. The van der Waals surface area contributed by atoms with Crippen molar-refractivity contribution >= 4 is 12.0 Å². The summed E-state index contributed by atoms with van der Waals surface area (Å²) in [4.78, 5) is 24.0. The minimum atomic E-state index is -1.34. The van der Waals surface area contributed by atoms with Gasteiger partial charge in [-0.25, -0.2) is 9.59 Å². The number of likely N-dealkylation sites (tertiary alicyclic amines) is 1. The average molecular weight is 260 g/mol. The molecule has 1 fully saturated rings. The minimum absolute atomic E-state index is 0.126. The SMILES string of the molecule is CC(O)C(NC(=O)N1CCC(C)C(O)C1)C(=O)O. The Morgan fingerprint density at radius 2 is 2.06 bits per heavy atom. The zero-order chi connectivity index (χ0) is 13.9. The summed E-state index contributed by atoms with van der Waals surface area (Å²) in [5.74, 6) is -1.16. The van der Waals surface area contributed by atoms with Gasteiger partial charge in [-0.3, -0.25) is 0 Å². The van der Waals surface area contributed by atoms with E-state index in [0.717, 1.165) is 0 Å². The number of hydrogen-bond donors (Lipinski definition) is 4. The molecule has 4 atom stereocenters.